The third-order valence-electron chi connectivity index (χ3n) is 4.78. The fourth-order valence-corrected chi connectivity index (χ4v) is 4.54. The number of phenols is 3. The van der Waals surface area contributed by atoms with Gasteiger partial charge in [-0.1, -0.05) is 38.7 Å². The number of hydrogen-bond acceptors (Lipinski definition) is 8. The highest BCUT2D eigenvalue weighted by Crippen LogP contribution is 2.37. The van der Waals surface area contributed by atoms with E-state index in [2.05, 4.69) is 21.9 Å². The molecular formula is C20H29N3O6S2. The summed E-state index contributed by atoms with van der Waals surface area (Å²) in [6.45, 7) is 3.60. The first-order chi connectivity index (χ1) is 14.7. The molecular weight excluding hydrogens is 442 g/mol. The molecule has 5 N–H and O–H groups in total. The second-order valence-corrected chi connectivity index (χ2v) is 10.1. The van der Waals surface area contributed by atoms with Crippen molar-refractivity contribution in [2.75, 3.05) is 10.5 Å². The minimum absolute atomic E-state index is 0.0927. The summed E-state index contributed by atoms with van der Waals surface area (Å²) in [4.78, 5) is 16.7. The van der Waals surface area contributed by atoms with Gasteiger partial charge in [0.05, 0.1) is 5.75 Å². The molecule has 1 atom stereocenters. The lowest BCUT2D eigenvalue weighted by atomic mass is 9.98. The van der Waals surface area contributed by atoms with Gasteiger partial charge < -0.3 is 20.6 Å². The minimum atomic E-state index is -3.48. The van der Waals surface area contributed by atoms with Gasteiger partial charge in [-0.15, -0.1) is 11.3 Å². The molecule has 11 heteroatoms. The number of unbranched alkanes of at least 4 members (excludes halogenated alkanes) is 3. The number of benzene rings is 1. The maximum atomic E-state index is 12.7. The number of hydrogen-bond donors (Lipinski definition) is 5. The van der Waals surface area contributed by atoms with Crippen molar-refractivity contribution in [3.8, 4) is 17.2 Å². The van der Waals surface area contributed by atoms with Crippen LogP contribution in [0.1, 0.15) is 62.0 Å². The molecule has 2 rings (SSSR count). The Morgan fingerprint density at radius 3 is 2.55 bits per heavy atom. The summed E-state index contributed by atoms with van der Waals surface area (Å²) < 4.78 is 25.7. The molecule has 9 nitrogen and oxygen atoms in total. The van der Waals surface area contributed by atoms with E-state index in [0.29, 0.717) is 12.0 Å². The lowest BCUT2D eigenvalue weighted by Crippen LogP contribution is -2.36. The normalized spacial score (nSPS) is 12.5. The topological polar surface area (TPSA) is 149 Å². The van der Waals surface area contributed by atoms with Crippen LogP contribution in [-0.4, -0.2) is 46.4 Å². The van der Waals surface area contributed by atoms with Gasteiger partial charge in [0.1, 0.15) is 5.69 Å². The number of sulfonamides is 1. The summed E-state index contributed by atoms with van der Waals surface area (Å²) in [5, 5.41) is 33.9. The van der Waals surface area contributed by atoms with Crippen LogP contribution in [0, 0.1) is 0 Å². The zero-order valence-corrected chi connectivity index (χ0v) is 19.2. The van der Waals surface area contributed by atoms with Gasteiger partial charge in [0.2, 0.25) is 15.8 Å². The molecule has 0 fully saturated rings. The molecule has 31 heavy (non-hydrogen) atoms. The highest BCUT2D eigenvalue weighted by molar-refractivity contribution is 7.92. The molecule has 0 spiro atoms. The van der Waals surface area contributed by atoms with E-state index < -0.39 is 33.2 Å². The number of aromatic hydroxyl groups is 3. The molecule has 0 bridgehead atoms. The predicted octanol–water partition coefficient (Wildman–Crippen LogP) is 3.33. The van der Waals surface area contributed by atoms with Crippen molar-refractivity contribution in [3.63, 3.8) is 0 Å². The number of carbonyl (C=O) groups is 1. The van der Waals surface area contributed by atoms with Crippen molar-refractivity contribution in [1.82, 2.24) is 10.3 Å². The van der Waals surface area contributed by atoms with Crippen LogP contribution in [0.3, 0.4) is 0 Å². The van der Waals surface area contributed by atoms with Gasteiger partial charge in [0.25, 0.3) is 5.91 Å². The Bertz CT molecular complexity index is 991. The summed E-state index contributed by atoms with van der Waals surface area (Å²) in [6, 6.07) is 2.43. The first-order valence-electron chi connectivity index (χ1n) is 10.2. The molecule has 0 saturated carbocycles. The van der Waals surface area contributed by atoms with Gasteiger partial charge in [-0.25, -0.2) is 13.4 Å². The van der Waals surface area contributed by atoms with E-state index in [-0.39, 0.29) is 29.0 Å². The van der Waals surface area contributed by atoms with Crippen LogP contribution < -0.4 is 10.0 Å². The van der Waals surface area contributed by atoms with Crippen molar-refractivity contribution >= 4 is 32.4 Å². The number of rotatable bonds is 12. The van der Waals surface area contributed by atoms with Gasteiger partial charge in [-0.2, -0.15) is 0 Å². The monoisotopic (exact) mass is 471 g/mol. The van der Waals surface area contributed by atoms with Crippen molar-refractivity contribution in [1.29, 1.82) is 0 Å². The number of nitrogens with zero attached hydrogens (tertiary/aromatic N) is 1. The average molecular weight is 472 g/mol. The molecule has 0 radical (unpaired) electrons. The van der Waals surface area contributed by atoms with E-state index in [4.69, 9.17) is 0 Å². The van der Waals surface area contributed by atoms with Crippen molar-refractivity contribution in [2.45, 2.75) is 58.4 Å². The number of nitrogens with one attached hydrogen (secondary N) is 2. The zero-order valence-electron chi connectivity index (χ0n) is 17.6. The Morgan fingerprint density at radius 2 is 1.87 bits per heavy atom. The van der Waals surface area contributed by atoms with Crippen LogP contribution >= 0.6 is 11.3 Å². The van der Waals surface area contributed by atoms with Crippen LogP contribution in [-0.2, 0) is 16.4 Å². The first kappa shape index (κ1) is 24.7. The van der Waals surface area contributed by atoms with Crippen molar-refractivity contribution < 1.29 is 28.5 Å². The molecule has 1 aromatic heterocycles. The molecule has 0 aliphatic heterocycles. The SMILES string of the molecule is CCCCCCC(Cc1ccc(O)c(O)c1O)NC(=O)c1csc(NS(=O)(=O)CC)n1. The molecule has 2 aromatic rings. The highest BCUT2D eigenvalue weighted by Gasteiger charge is 2.20. The van der Waals surface area contributed by atoms with Crippen LogP contribution in [0.25, 0.3) is 0 Å². The maximum Gasteiger partial charge on any atom is 0.271 e. The van der Waals surface area contributed by atoms with Gasteiger partial charge in [0.15, 0.2) is 16.6 Å². The van der Waals surface area contributed by atoms with E-state index in [0.717, 1.165) is 37.0 Å². The van der Waals surface area contributed by atoms with Crippen LogP contribution in [0.5, 0.6) is 17.2 Å². The minimum Gasteiger partial charge on any atom is -0.504 e. The largest absolute Gasteiger partial charge is 0.504 e. The number of anilines is 1. The number of thiazole rings is 1. The maximum absolute atomic E-state index is 12.7. The smallest absolute Gasteiger partial charge is 0.271 e. The molecule has 0 aliphatic carbocycles. The van der Waals surface area contributed by atoms with Gasteiger partial charge in [-0.05, 0) is 25.8 Å². The first-order valence-corrected chi connectivity index (χ1v) is 12.7. The Kier molecular flexibility index (Phi) is 8.93. The highest BCUT2D eigenvalue weighted by atomic mass is 32.2. The summed E-state index contributed by atoms with van der Waals surface area (Å²) >= 11 is 1.02. The number of aromatic nitrogens is 1. The Labute approximate surface area is 186 Å². The molecule has 0 saturated heterocycles. The second kappa shape index (κ2) is 11.2. The van der Waals surface area contributed by atoms with E-state index in [9.17, 15) is 28.5 Å². The van der Waals surface area contributed by atoms with Crippen molar-refractivity contribution in [3.05, 3.63) is 28.8 Å². The van der Waals surface area contributed by atoms with Crippen LogP contribution in [0.4, 0.5) is 5.13 Å². The number of phenolic OH excluding ortho intramolecular Hbond substituents is 3. The van der Waals surface area contributed by atoms with E-state index >= 15 is 0 Å². The standard InChI is InChI=1S/C20H29N3O6S2/c1-3-5-6-7-8-14(11-13-9-10-16(24)18(26)17(13)25)21-19(27)15-12-30-20(22-15)23-31(28,29)4-2/h9-10,12,14,24-26H,3-8,11H2,1-2H3,(H,21,27)(H,22,23). The van der Waals surface area contributed by atoms with E-state index in [1.54, 1.807) is 0 Å². The van der Waals surface area contributed by atoms with Crippen molar-refractivity contribution in [2.24, 2.45) is 0 Å². The quantitative estimate of drug-likeness (QED) is 0.235. The fourth-order valence-electron chi connectivity index (χ4n) is 2.97. The molecule has 1 aromatic carbocycles. The summed E-state index contributed by atoms with van der Waals surface area (Å²) in [7, 11) is -3.48. The molecule has 0 aliphatic rings. The second-order valence-electron chi connectivity index (χ2n) is 7.21. The summed E-state index contributed by atoms with van der Waals surface area (Å²) in [5.74, 6) is -1.99. The van der Waals surface area contributed by atoms with E-state index in [1.165, 1.54) is 24.4 Å². The van der Waals surface area contributed by atoms with Gasteiger partial charge >= 0.3 is 0 Å². The predicted molar refractivity (Wildman–Crippen MR) is 120 cm³/mol. The molecule has 1 amide bonds. The van der Waals surface area contributed by atoms with Gasteiger partial charge in [-0.3, -0.25) is 9.52 Å². The molecule has 172 valence electrons. The van der Waals surface area contributed by atoms with E-state index in [1.807, 2.05) is 0 Å². The lowest BCUT2D eigenvalue weighted by molar-refractivity contribution is 0.0929. The fraction of sp³-hybridized carbons (Fsp3) is 0.500. The third-order valence-corrected chi connectivity index (χ3v) is 6.93. The Morgan fingerprint density at radius 1 is 1.13 bits per heavy atom. The Hall–Kier alpha value is -2.53. The summed E-state index contributed by atoms with van der Waals surface area (Å²) in [5.41, 5.74) is 0.487. The average Bonchev–Trinajstić information content (AvgIpc) is 3.19. The zero-order chi connectivity index (χ0) is 23.0. The third kappa shape index (κ3) is 7.28. The van der Waals surface area contributed by atoms with Crippen LogP contribution in [0.2, 0.25) is 0 Å². The van der Waals surface area contributed by atoms with Crippen LogP contribution in [0.15, 0.2) is 17.5 Å². The molecule has 1 unspecified atom stereocenters. The lowest BCUT2D eigenvalue weighted by Gasteiger charge is -2.19. The van der Waals surface area contributed by atoms with Gasteiger partial charge in [0, 0.05) is 17.0 Å². The molecule has 1 heterocycles. The number of amides is 1. The number of carbonyl (C=O) groups excluding carboxylic acids is 1. The summed E-state index contributed by atoms with van der Waals surface area (Å²) in [6.07, 6.45) is 4.89. The Balaban J connectivity index is 2.12.